The number of hydrogen-bond donors (Lipinski definition) is 3. The zero-order valence-electron chi connectivity index (χ0n) is 10.6. The first-order valence-corrected chi connectivity index (χ1v) is 6.85. The van der Waals surface area contributed by atoms with Crippen LogP contribution in [0.1, 0.15) is 44.9 Å². The highest BCUT2D eigenvalue weighted by molar-refractivity contribution is 4.88. The molecular weight excluding hydrogens is 218 g/mol. The molecule has 2 rings (SSSR count). The number of ether oxygens (including phenoxy) is 1. The molecule has 3 N–H and O–H groups in total. The molecule has 100 valence electrons. The summed E-state index contributed by atoms with van der Waals surface area (Å²) in [5, 5.41) is 23.8. The lowest BCUT2D eigenvalue weighted by Crippen LogP contribution is -2.50. The van der Waals surface area contributed by atoms with Crippen LogP contribution >= 0.6 is 0 Å². The highest BCUT2D eigenvalue weighted by Gasteiger charge is 2.32. The van der Waals surface area contributed by atoms with Gasteiger partial charge in [0.2, 0.25) is 0 Å². The van der Waals surface area contributed by atoms with Gasteiger partial charge in [0.25, 0.3) is 0 Å². The van der Waals surface area contributed by atoms with Crippen molar-refractivity contribution in [2.24, 2.45) is 0 Å². The van der Waals surface area contributed by atoms with E-state index in [0.717, 1.165) is 25.7 Å². The summed E-state index contributed by atoms with van der Waals surface area (Å²) in [6.45, 7) is 2.46. The molecule has 0 atom stereocenters. The molecule has 1 saturated heterocycles. The molecule has 1 saturated carbocycles. The highest BCUT2D eigenvalue weighted by atomic mass is 16.5. The third-order valence-corrected chi connectivity index (χ3v) is 4.12. The highest BCUT2D eigenvalue weighted by Crippen LogP contribution is 2.27. The van der Waals surface area contributed by atoms with E-state index in [1.165, 1.54) is 6.42 Å². The fourth-order valence-electron chi connectivity index (χ4n) is 2.84. The standard InChI is InChI=1S/C13H25NO3/c15-12(4-2-1-3-5-12)10-14-11-13(16)6-8-17-9-7-13/h14-16H,1-11H2. The van der Waals surface area contributed by atoms with Crippen molar-refractivity contribution in [2.45, 2.75) is 56.1 Å². The Morgan fingerprint density at radius 2 is 1.35 bits per heavy atom. The van der Waals surface area contributed by atoms with Gasteiger partial charge >= 0.3 is 0 Å². The first kappa shape index (κ1) is 13.3. The molecule has 0 unspecified atom stereocenters. The Morgan fingerprint density at radius 1 is 0.824 bits per heavy atom. The zero-order chi connectivity index (χ0) is 12.2. The molecule has 1 aliphatic carbocycles. The van der Waals surface area contributed by atoms with Crippen molar-refractivity contribution in [2.75, 3.05) is 26.3 Å². The van der Waals surface area contributed by atoms with Gasteiger partial charge in [0.05, 0.1) is 11.2 Å². The van der Waals surface area contributed by atoms with Gasteiger partial charge in [-0.05, 0) is 12.8 Å². The molecule has 1 aliphatic heterocycles. The molecule has 0 aromatic heterocycles. The first-order valence-electron chi connectivity index (χ1n) is 6.85. The second-order valence-corrected chi connectivity index (χ2v) is 5.73. The molecule has 0 amide bonds. The lowest BCUT2D eigenvalue weighted by molar-refractivity contribution is -0.0660. The molecule has 0 bridgehead atoms. The fraction of sp³-hybridized carbons (Fsp3) is 1.00. The van der Waals surface area contributed by atoms with Crippen LogP contribution in [0.25, 0.3) is 0 Å². The van der Waals surface area contributed by atoms with Crippen LogP contribution in [0.2, 0.25) is 0 Å². The van der Waals surface area contributed by atoms with E-state index >= 15 is 0 Å². The van der Waals surface area contributed by atoms with Crippen molar-refractivity contribution >= 4 is 0 Å². The third-order valence-electron chi connectivity index (χ3n) is 4.12. The van der Waals surface area contributed by atoms with Crippen molar-refractivity contribution < 1.29 is 14.9 Å². The second-order valence-electron chi connectivity index (χ2n) is 5.73. The number of nitrogens with one attached hydrogen (secondary N) is 1. The van der Waals surface area contributed by atoms with E-state index in [9.17, 15) is 10.2 Å². The smallest absolute Gasteiger partial charge is 0.0815 e. The van der Waals surface area contributed by atoms with Crippen molar-refractivity contribution in [3.63, 3.8) is 0 Å². The predicted molar refractivity (Wildman–Crippen MR) is 65.9 cm³/mol. The topological polar surface area (TPSA) is 61.7 Å². The molecule has 0 aromatic carbocycles. The Hall–Kier alpha value is -0.160. The summed E-state index contributed by atoms with van der Waals surface area (Å²) in [6.07, 6.45) is 6.65. The van der Waals surface area contributed by atoms with E-state index < -0.39 is 11.2 Å². The van der Waals surface area contributed by atoms with Crippen LogP contribution in [0.4, 0.5) is 0 Å². The predicted octanol–water partition coefficient (Wildman–Crippen LogP) is 0.813. The van der Waals surface area contributed by atoms with Gasteiger partial charge in [-0.15, -0.1) is 0 Å². The van der Waals surface area contributed by atoms with Crippen LogP contribution in [0, 0.1) is 0 Å². The van der Waals surface area contributed by atoms with E-state index in [1.807, 2.05) is 0 Å². The van der Waals surface area contributed by atoms with Crippen molar-refractivity contribution in [3.8, 4) is 0 Å². The average molecular weight is 243 g/mol. The summed E-state index contributed by atoms with van der Waals surface area (Å²) >= 11 is 0. The molecule has 2 aliphatic rings. The Balaban J connectivity index is 1.70. The summed E-state index contributed by atoms with van der Waals surface area (Å²) in [5.74, 6) is 0. The maximum absolute atomic E-state index is 10.3. The Kier molecular flexibility index (Phi) is 4.42. The number of hydrogen-bond acceptors (Lipinski definition) is 4. The quantitative estimate of drug-likeness (QED) is 0.684. The van der Waals surface area contributed by atoms with Gasteiger partial charge in [-0.1, -0.05) is 19.3 Å². The fourth-order valence-corrected chi connectivity index (χ4v) is 2.84. The Morgan fingerprint density at radius 3 is 1.94 bits per heavy atom. The molecule has 4 nitrogen and oxygen atoms in total. The lowest BCUT2D eigenvalue weighted by Gasteiger charge is -2.36. The number of rotatable bonds is 4. The normalized spacial score (nSPS) is 27.9. The van der Waals surface area contributed by atoms with Gasteiger partial charge in [0.1, 0.15) is 0 Å². The zero-order valence-corrected chi connectivity index (χ0v) is 10.6. The van der Waals surface area contributed by atoms with Gasteiger partial charge in [-0.25, -0.2) is 0 Å². The molecule has 2 fully saturated rings. The van der Waals surface area contributed by atoms with E-state index in [4.69, 9.17) is 4.74 Å². The van der Waals surface area contributed by atoms with E-state index in [-0.39, 0.29) is 0 Å². The second kappa shape index (κ2) is 5.65. The van der Waals surface area contributed by atoms with Crippen molar-refractivity contribution in [1.29, 1.82) is 0 Å². The van der Waals surface area contributed by atoms with Crippen LogP contribution in [0.5, 0.6) is 0 Å². The van der Waals surface area contributed by atoms with Gasteiger partial charge in [-0.3, -0.25) is 0 Å². The van der Waals surface area contributed by atoms with Crippen LogP contribution in [-0.4, -0.2) is 47.7 Å². The van der Waals surface area contributed by atoms with Crippen LogP contribution in [0.15, 0.2) is 0 Å². The maximum Gasteiger partial charge on any atom is 0.0815 e. The van der Waals surface area contributed by atoms with E-state index in [2.05, 4.69) is 5.32 Å². The minimum atomic E-state index is -0.636. The first-order chi connectivity index (χ1) is 8.12. The van der Waals surface area contributed by atoms with Crippen LogP contribution < -0.4 is 5.32 Å². The SMILES string of the molecule is OC1(CNCC2(O)CCOCC2)CCCCC1. The van der Waals surface area contributed by atoms with Gasteiger partial charge in [-0.2, -0.15) is 0 Å². The minimum absolute atomic E-state index is 0.542. The van der Waals surface area contributed by atoms with Gasteiger partial charge < -0.3 is 20.3 Å². The average Bonchev–Trinajstić information content (AvgIpc) is 2.30. The Labute approximate surface area is 103 Å². The summed E-state index contributed by atoms with van der Waals surface area (Å²) in [5.41, 5.74) is -1.18. The summed E-state index contributed by atoms with van der Waals surface area (Å²) < 4.78 is 5.24. The van der Waals surface area contributed by atoms with Crippen LogP contribution in [-0.2, 0) is 4.74 Å². The molecule has 0 radical (unpaired) electrons. The van der Waals surface area contributed by atoms with Crippen molar-refractivity contribution in [1.82, 2.24) is 5.32 Å². The molecule has 4 heteroatoms. The van der Waals surface area contributed by atoms with E-state index in [1.54, 1.807) is 0 Å². The summed E-state index contributed by atoms with van der Waals surface area (Å²) in [6, 6.07) is 0. The molecular formula is C13H25NO3. The lowest BCUT2D eigenvalue weighted by atomic mass is 9.84. The minimum Gasteiger partial charge on any atom is -0.389 e. The van der Waals surface area contributed by atoms with E-state index in [0.29, 0.717) is 39.1 Å². The van der Waals surface area contributed by atoms with Crippen molar-refractivity contribution in [3.05, 3.63) is 0 Å². The molecule has 17 heavy (non-hydrogen) atoms. The third kappa shape index (κ3) is 3.91. The molecule has 0 aromatic rings. The summed E-state index contributed by atoms with van der Waals surface area (Å²) in [4.78, 5) is 0. The maximum atomic E-state index is 10.3. The van der Waals surface area contributed by atoms with Gasteiger partial charge in [0, 0.05) is 39.1 Å². The number of aliphatic hydroxyl groups is 2. The Bertz CT molecular complexity index is 209. The molecule has 0 spiro atoms. The van der Waals surface area contributed by atoms with Crippen LogP contribution in [0.3, 0.4) is 0 Å². The van der Waals surface area contributed by atoms with Gasteiger partial charge in [0.15, 0.2) is 0 Å². The summed E-state index contributed by atoms with van der Waals surface area (Å²) in [7, 11) is 0. The largest absolute Gasteiger partial charge is 0.389 e. The monoisotopic (exact) mass is 243 g/mol. The molecule has 1 heterocycles.